The summed E-state index contributed by atoms with van der Waals surface area (Å²) in [5, 5.41) is 8.45. The van der Waals surface area contributed by atoms with Gasteiger partial charge in [-0.15, -0.1) is 0 Å². The van der Waals surface area contributed by atoms with Crippen molar-refractivity contribution in [2.24, 2.45) is 0 Å². The van der Waals surface area contributed by atoms with Gasteiger partial charge < -0.3 is 5.11 Å². The lowest BCUT2D eigenvalue weighted by Crippen LogP contribution is -2.14. The molecular formula is C15H20F2O2. The zero-order valence-electron chi connectivity index (χ0n) is 11.2. The lowest BCUT2D eigenvalue weighted by atomic mass is 10.00. The Balaban J connectivity index is 2.59. The molecule has 0 amide bonds. The molecule has 106 valence electrons. The van der Waals surface area contributed by atoms with Crippen molar-refractivity contribution in [3.63, 3.8) is 0 Å². The van der Waals surface area contributed by atoms with Crippen molar-refractivity contribution in [2.45, 2.75) is 51.4 Å². The maximum absolute atomic E-state index is 13.8. The summed E-state index contributed by atoms with van der Waals surface area (Å²) in [5.74, 6) is -3.98. The van der Waals surface area contributed by atoms with Crippen LogP contribution in [0.25, 0.3) is 0 Å². The highest BCUT2D eigenvalue weighted by Gasteiger charge is 2.30. The third-order valence-corrected chi connectivity index (χ3v) is 3.08. The monoisotopic (exact) mass is 270 g/mol. The van der Waals surface area contributed by atoms with Gasteiger partial charge in [0.25, 0.3) is 5.92 Å². The smallest absolute Gasteiger partial charge is 0.303 e. The predicted molar refractivity (Wildman–Crippen MR) is 70.4 cm³/mol. The van der Waals surface area contributed by atoms with Crippen LogP contribution in [0.15, 0.2) is 24.3 Å². The van der Waals surface area contributed by atoms with Crippen molar-refractivity contribution < 1.29 is 18.7 Å². The van der Waals surface area contributed by atoms with E-state index in [4.69, 9.17) is 5.11 Å². The summed E-state index contributed by atoms with van der Waals surface area (Å²) < 4.78 is 27.6. The van der Waals surface area contributed by atoms with Crippen LogP contribution in [0.3, 0.4) is 0 Å². The average molecular weight is 270 g/mol. The van der Waals surface area contributed by atoms with Crippen LogP contribution in [-0.4, -0.2) is 11.1 Å². The molecule has 0 unspecified atom stereocenters. The zero-order chi connectivity index (χ0) is 14.3. The quantitative estimate of drug-likeness (QED) is 0.761. The van der Waals surface area contributed by atoms with Crippen LogP contribution in [0.2, 0.25) is 0 Å². The van der Waals surface area contributed by atoms with E-state index < -0.39 is 18.3 Å². The summed E-state index contributed by atoms with van der Waals surface area (Å²) in [7, 11) is 0. The summed E-state index contributed by atoms with van der Waals surface area (Å²) in [6.45, 7) is 2.09. The molecule has 0 aromatic heterocycles. The number of carbonyl (C=O) groups is 1. The number of aliphatic carboxylic acids is 1. The van der Waals surface area contributed by atoms with Crippen molar-refractivity contribution >= 4 is 5.97 Å². The Kier molecular flexibility index (Phi) is 5.93. The largest absolute Gasteiger partial charge is 0.481 e. The van der Waals surface area contributed by atoms with E-state index >= 15 is 0 Å². The molecule has 4 heteroatoms. The minimum Gasteiger partial charge on any atom is -0.481 e. The fraction of sp³-hybridized carbons (Fsp3) is 0.533. The van der Waals surface area contributed by atoms with Crippen LogP contribution >= 0.6 is 0 Å². The number of aryl methyl sites for hydroxylation is 1. The molecule has 0 fully saturated rings. The molecule has 1 N–H and O–H groups in total. The number of carboxylic acids is 1. The van der Waals surface area contributed by atoms with Crippen LogP contribution in [0.4, 0.5) is 8.78 Å². The van der Waals surface area contributed by atoms with E-state index in [1.54, 1.807) is 12.1 Å². The highest BCUT2D eigenvalue weighted by Crippen LogP contribution is 2.33. The number of halogens is 2. The number of hydrogen-bond donors (Lipinski definition) is 1. The molecular weight excluding hydrogens is 250 g/mol. The molecule has 0 radical (unpaired) electrons. The van der Waals surface area contributed by atoms with E-state index in [1.165, 1.54) is 12.1 Å². The molecule has 0 bridgehead atoms. The van der Waals surface area contributed by atoms with Gasteiger partial charge >= 0.3 is 5.97 Å². The molecule has 1 rings (SSSR count). The first kappa shape index (κ1) is 15.6. The lowest BCUT2D eigenvalue weighted by molar-refractivity contribution is -0.137. The molecule has 0 aliphatic heterocycles. The summed E-state index contributed by atoms with van der Waals surface area (Å²) in [6, 6.07) is 6.36. The second-order valence-corrected chi connectivity index (χ2v) is 4.75. The van der Waals surface area contributed by atoms with Gasteiger partial charge in [0.1, 0.15) is 0 Å². The van der Waals surface area contributed by atoms with Gasteiger partial charge in [-0.05, 0) is 24.8 Å². The van der Waals surface area contributed by atoms with Gasteiger partial charge in [-0.3, -0.25) is 4.79 Å². The van der Waals surface area contributed by atoms with E-state index in [9.17, 15) is 13.6 Å². The molecule has 1 aromatic carbocycles. The Morgan fingerprint density at radius 3 is 2.37 bits per heavy atom. The fourth-order valence-corrected chi connectivity index (χ4v) is 1.90. The SMILES string of the molecule is CCCCc1ccc(C(F)(F)CCCC(=O)O)cc1. The maximum atomic E-state index is 13.8. The first-order valence-corrected chi connectivity index (χ1v) is 6.64. The summed E-state index contributed by atoms with van der Waals surface area (Å²) in [5.41, 5.74) is 1.03. The van der Waals surface area contributed by atoms with Crippen LogP contribution in [-0.2, 0) is 17.1 Å². The molecule has 19 heavy (non-hydrogen) atoms. The summed E-state index contributed by atoms with van der Waals surface area (Å²) in [4.78, 5) is 10.3. The van der Waals surface area contributed by atoms with Crippen LogP contribution in [0.5, 0.6) is 0 Å². The predicted octanol–water partition coefficient (Wildman–Crippen LogP) is 4.38. The van der Waals surface area contributed by atoms with Crippen molar-refractivity contribution in [1.82, 2.24) is 0 Å². The Morgan fingerprint density at radius 1 is 1.21 bits per heavy atom. The standard InChI is InChI=1S/C15H20F2O2/c1-2-3-5-12-7-9-13(10-8-12)15(16,17)11-4-6-14(18)19/h7-10H,2-6,11H2,1H3,(H,18,19). The van der Waals surface area contributed by atoms with Crippen molar-refractivity contribution in [3.8, 4) is 0 Å². The zero-order valence-corrected chi connectivity index (χ0v) is 11.2. The third-order valence-electron chi connectivity index (χ3n) is 3.08. The highest BCUT2D eigenvalue weighted by atomic mass is 19.3. The van der Waals surface area contributed by atoms with Crippen molar-refractivity contribution in [3.05, 3.63) is 35.4 Å². The second-order valence-electron chi connectivity index (χ2n) is 4.75. The minimum absolute atomic E-state index is 0.0140. The third kappa shape index (κ3) is 5.37. The van der Waals surface area contributed by atoms with Gasteiger partial charge in [0.15, 0.2) is 0 Å². The van der Waals surface area contributed by atoms with Gasteiger partial charge in [0, 0.05) is 18.4 Å². The molecule has 2 nitrogen and oxygen atoms in total. The Labute approximate surface area is 112 Å². The van der Waals surface area contributed by atoms with Crippen LogP contribution in [0, 0.1) is 0 Å². The minimum atomic E-state index is -2.95. The van der Waals surface area contributed by atoms with E-state index in [-0.39, 0.29) is 18.4 Å². The van der Waals surface area contributed by atoms with E-state index in [2.05, 4.69) is 6.92 Å². The van der Waals surface area contributed by atoms with Gasteiger partial charge in [-0.25, -0.2) is 8.78 Å². The normalized spacial score (nSPS) is 11.5. The van der Waals surface area contributed by atoms with E-state index in [0.29, 0.717) is 0 Å². The molecule has 0 saturated heterocycles. The molecule has 0 heterocycles. The summed E-state index contributed by atoms with van der Waals surface area (Å²) >= 11 is 0. The van der Waals surface area contributed by atoms with Gasteiger partial charge in [-0.1, -0.05) is 37.6 Å². The number of alkyl halides is 2. The molecule has 0 saturated carbocycles. The van der Waals surface area contributed by atoms with E-state index in [1.807, 2.05) is 0 Å². The lowest BCUT2D eigenvalue weighted by Gasteiger charge is -2.16. The summed E-state index contributed by atoms with van der Waals surface area (Å²) in [6.07, 6.45) is 2.38. The Morgan fingerprint density at radius 2 is 1.84 bits per heavy atom. The molecule has 1 aromatic rings. The fourth-order valence-electron chi connectivity index (χ4n) is 1.90. The van der Waals surface area contributed by atoms with Crippen molar-refractivity contribution in [1.29, 1.82) is 0 Å². The first-order chi connectivity index (χ1) is 8.95. The maximum Gasteiger partial charge on any atom is 0.303 e. The van der Waals surface area contributed by atoms with Gasteiger partial charge in [0.05, 0.1) is 0 Å². The Bertz CT molecular complexity index is 399. The Hall–Kier alpha value is -1.45. The van der Waals surface area contributed by atoms with Gasteiger partial charge in [-0.2, -0.15) is 0 Å². The van der Waals surface area contributed by atoms with E-state index in [0.717, 1.165) is 24.8 Å². The molecule has 0 atom stereocenters. The number of benzene rings is 1. The second kappa shape index (κ2) is 7.22. The van der Waals surface area contributed by atoms with Crippen molar-refractivity contribution in [2.75, 3.05) is 0 Å². The topological polar surface area (TPSA) is 37.3 Å². The first-order valence-electron chi connectivity index (χ1n) is 6.64. The molecule has 0 spiro atoms. The molecule has 0 aliphatic rings. The van der Waals surface area contributed by atoms with Gasteiger partial charge in [0.2, 0.25) is 0 Å². The number of unbranched alkanes of at least 4 members (excludes halogenated alkanes) is 1. The average Bonchev–Trinajstić information content (AvgIpc) is 2.36. The number of hydrogen-bond acceptors (Lipinski definition) is 1. The van der Waals surface area contributed by atoms with Crippen LogP contribution < -0.4 is 0 Å². The van der Waals surface area contributed by atoms with Crippen LogP contribution in [0.1, 0.15) is 50.2 Å². The molecule has 0 aliphatic carbocycles. The number of carboxylic acid groups (broad SMARTS) is 1. The highest BCUT2D eigenvalue weighted by molar-refractivity contribution is 5.66. The number of rotatable bonds is 8.